The molecule has 0 aliphatic rings. The van der Waals surface area contributed by atoms with Crippen molar-refractivity contribution in [2.24, 2.45) is 0 Å². The van der Waals surface area contributed by atoms with Crippen LogP contribution >= 0.6 is 0 Å². The predicted octanol–water partition coefficient (Wildman–Crippen LogP) is 4.50. The number of ether oxygens (including phenoxy) is 1. The standard InChI is InChI=1S/C24H20N2O6/c1-15-10-11-16(2)20(12-15)22(27)14-32-24(29)19-8-3-4-9-21(19)25-23(28)17-6-5-7-18(13-17)26(30)31/h3-13H,14H2,1-2H3,(H,25,28). The van der Waals surface area contributed by atoms with E-state index in [1.54, 1.807) is 25.1 Å². The largest absolute Gasteiger partial charge is 0.454 e. The van der Waals surface area contributed by atoms with Gasteiger partial charge in [0.15, 0.2) is 6.61 Å². The second kappa shape index (κ2) is 9.65. The van der Waals surface area contributed by atoms with Gasteiger partial charge in [0.2, 0.25) is 5.78 Å². The van der Waals surface area contributed by atoms with Crippen molar-refractivity contribution in [3.63, 3.8) is 0 Å². The lowest BCUT2D eigenvalue weighted by molar-refractivity contribution is -0.384. The molecule has 8 nitrogen and oxygen atoms in total. The van der Waals surface area contributed by atoms with Crippen LogP contribution in [0.25, 0.3) is 0 Å². The van der Waals surface area contributed by atoms with Gasteiger partial charge in [0.05, 0.1) is 16.2 Å². The molecule has 3 aromatic rings. The molecule has 0 radical (unpaired) electrons. The number of esters is 1. The molecular weight excluding hydrogens is 412 g/mol. The first kappa shape index (κ1) is 22.4. The summed E-state index contributed by atoms with van der Waals surface area (Å²) >= 11 is 0. The number of nitro groups is 1. The number of Topliss-reactive ketones (excluding diaryl/α,β-unsaturated/α-hetero) is 1. The maximum atomic E-state index is 12.6. The molecule has 0 bridgehead atoms. The Hall–Kier alpha value is -4.33. The third kappa shape index (κ3) is 5.23. The van der Waals surface area contributed by atoms with Crippen molar-refractivity contribution in [1.29, 1.82) is 0 Å². The average molecular weight is 432 g/mol. The molecule has 3 rings (SSSR count). The third-order valence-electron chi connectivity index (χ3n) is 4.74. The number of non-ortho nitro benzene ring substituents is 1. The van der Waals surface area contributed by atoms with Gasteiger partial charge in [-0.2, -0.15) is 0 Å². The van der Waals surface area contributed by atoms with E-state index in [1.165, 1.54) is 30.3 Å². The highest BCUT2D eigenvalue weighted by molar-refractivity contribution is 6.08. The van der Waals surface area contributed by atoms with E-state index in [-0.39, 0.29) is 28.3 Å². The molecule has 0 heterocycles. The summed E-state index contributed by atoms with van der Waals surface area (Å²) in [7, 11) is 0. The van der Waals surface area contributed by atoms with Crippen molar-refractivity contribution < 1.29 is 24.0 Å². The number of benzene rings is 3. The zero-order valence-corrected chi connectivity index (χ0v) is 17.5. The Balaban J connectivity index is 1.73. The molecule has 1 N–H and O–H groups in total. The monoisotopic (exact) mass is 432 g/mol. The Kier molecular flexibility index (Phi) is 6.74. The molecule has 0 aliphatic carbocycles. The average Bonchev–Trinajstić information content (AvgIpc) is 2.79. The van der Waals surface area contributed by atoms with Crippen LogP contribution in [0.4, 0.5) is 11.4 Å². The lowest BCUT2D eigenvalue weighted by Gasteiger charge is -2.11. The summed E-state index contributed by atoms with van der Waals surface area (Å²) in [6.45, 7) is 3.21. The number of hydrogen-bond acceptors (Lipinski definition) is 6. The van der Waals surface area contributed by atoms with Crippen molar-refractivity contribution in [2.75, 3.05) is 11.9 Å². The number of nitrogens with zero attached hydrogens (tertiary/aromatic N) is 1. The van der Waals surface area contributed by atoms with Gasteiger partial charge in [0.25, 0.3) is 11.6 Å². The fourth-order valence-corrected chi connectivity index (χ4v) is 3.05. The molecule has 0 atom stereocenters. The minimum atomic E-state index is -0.779. The van der Waals surface area contributed by atoms with Crippen molar-refractivity contribution in [3.8, 4) is 0 Å². The molecule has 1 amide bonds. The van der Waals surface area contributed by atoms with Gasteiger partial charge in [-0.1, -0.05) is 35.9 Å². The SMILES string of the molecule is Cc1ccc(C)c(C(=O)COC(=O)c2ccccc2NC(=O)c2cccc([N+](=O)[O-])c2)c1. The van der Waals surface area contributed by atoms with Crippen LogP contribution in [0.15, 0.2) is 66.7 Å². The number of amides is 1. The molecule has 0 aliphatic heterocycles. The van der Waals surface area contributed by atoms with Gasteiger partial charge in [0.1, 0.15) is 0 Å². The molecule has 0 unspecified atom stereocenters. The van der Waals surface area contributed by atoms with E-state index in [4.69, 9.17) is 4.74 Å². The first-order valence-electron chi connectivity index (χ1n) is 9.68. The summed E-state index contributed by atoms with van der Waals surface area (Å²) in [4.78, 5) is 48.0. The number of hydrogen-bond donors (Lipinski definition) is 1. The van der Waals surface area contributed by atoms with Crippen LogP contribution in [-0.2, 0) is 4.74 Å². The van der Waals surface area contributed by atoms with E-state index < -0.39 is 23.4 Å². The summed E-state index contributed by atoms with van der Waals surface area (Å²) in [6, 6.07) is 16.8. The molecular formula is C24H20N2O6. The first-order chi connectivity index (χ1) is 15.3. The van der Waals surface area contributed by atoms with Crippen LogP contribution in [0.1, 0.15) is 42.2 Å². The van der Waals surface area contributed by atoms with Crippen LogP contribution in [0, 0.1) is 24.0 Å². The topological polar surface area (TPSA) is 116 Å². The number of ketones is 1. The van der Waals surface area contributed by atoms with E-state index in [0.29, 0.717) is 5.56 Å². The quantitative estimate of drug-likeness (QED) is 0.254. The molecule has 32 heavy (non-hydrogen) atoms. The minimum absolute atomic E-state index is 0.0556. The van der Waals surface area contributed by atoms with Gasteiger partial charge in [-0.15, -0.1) is 0 Å². The minimum Gasteiger partial charge on any atom is -0.454 e. The van der Waals surface area contributed by atoms with E-state index in [1.807, 2.05) is 19.1 Å². The van der Waals surface area contributed by atoms with E-state index in [0.717, 1.165) is 17.2 Å². The van der Waals surface area contributed by atoms with Gasteiger partial charge in [0, 0.05) is 23.3 Å². The lowest BCUT2D eigenvalue weighted by atomic mass is 10.0. The zero-order chi connectivity index (χ0) is 23.3. The second-order valence-electron chi connectivity index (χ2n) is 7.12. The molecule has 0 aromatic heterocycles. The molecule has 0 spiro atoms. The maximum absolute atomic E-state index is 12.6. The van der Waals surface area contributed by atoms with Crippen LogP contribution < -0.4 is 5.32 Å². The highest BCUT2D eigenvalue weighted by Gasteiger charge is 2.19. The van der Waals surface area contributed by atoms with Crippen LogP contribution in [-0.4, -0.2) is 29.2 Å². The van der Waals surface area contributed by atoms with Crippen LogP contribution in [0.3, 0.4) is 0 Å². The number of carbonyl (C=O) groups excluding carboxylic acids is 3. The van der Waals surface area contributed by atoms with Gasteiger partial charge in [-0.3, -0.25) is 19.7 Å². The summed E-state index contributed by atoms with van der Waals surface area (Å²) in [5.41, 5.74) is 2.22. The van der Waals surface area contributed by atoms with Crippen molar-refractivity contribution in [1.82, 2.24) is 0 Å². The Morgan fingerprint density at radius 2 is 1.69 bits per heavy atom. The number of nitrogens with one attached hydrogen (secondary N) is 1. The smallest absolute Gasteiger partial charge is 0.340 e. The van der Waals surface area contributed by atoms with Gasteiger partial charge >= 0.3 is 5.97 Å². The molecule has 8 heteroatoms. The van der Waals surface area contributed by atoms with Crippen LogP contribution in [0.5, 0.6) is 0 Å². The van der Waals surface area contributed by atoms with Gasteiger partial charge in [-0.25, -0.2) is 4.79 Å². The predicted molar refractivity (Wildman–Crippen MR) is 118 cm³/mol. The summed E-state index contributed by atoms with van der Waals surface area (Å²) in [6.07, 6.45) is 0. The molecule has 0 fully saturated rings. The molecule has 0 saturated carbocycles. The first-order valence-corrected chi connectivity index (χ1v) is 9.68. The molecule has 0 saturated heterocycles. The number of para-hydroxylation sites is 1. The molecule has 162 valence electrons. The van der Waals surface area contributed by atoms with Crippen LogP contribution in [0.2, 0.25) is 0 Å². The number of anilines is 1. The summed E-state index contributed by atoms with van der Waals surface area (Å²) in [5.74, 6) is -1.74. The number of rotatable bonds is 7. The summed E-state index contributed by atoms with van der Waals surface area (Å²) in [5, 5.41) is 13.5. The Morgan fingerprint density at radius 3 is 2.44 bits per heavy atom. The molecule has 3 aromatic carbocycles. The van der Waals surface area contributed by atoms with Gasteiger partial charge in [-0.05, 0) is 43.7 Å². The zero-order valence-electron chi connectivity index (χ0n) is 17.5. The maximum Gasteiger partial charge on any atom is 0.340 e. The Bertz CT molecular complexity index is 1220. The third-order valence-corrected chi connectivity index (χ3v) is 4.74. The number of nitro benzene ring substituents is 1. The highest BCUT2D eigenvalue weighted by atomic mass is 16.6. The fraction of sp³-hybridized carbons (Fsp3) is 0.125. The van der Waals surface area contributed by atoms with Crippen molar-refractivity contribution in [2.45, 2.75) is 13.8 Å². The van der Waals surface area contributed by atoms with Crippen molar-refractivity contribution in [3.05, 3.63) is 105 Å². The Labute approximate surface area is 184 Å². The number of aryl methyl sites for hydroxylation is 2. The van der Waals surface area contributed by atoms with Crippen molar-refractivity contribution >= 4 is 29.0 Å². The number of carbonyl (C=O) groups is 3. The fourth-order valence-electron chi connectivity index (χ4n) is 3.05. The van der Waals surface area contributed by atoms with E-state index in [2.05, 4.69) is 5.32 Å². The summed E-state index contributed by atoms with van der Waals surface area (Å²) < 4.78 is 5.19. The van der Waals surface area contributed by atoms with E-state index >= 15 is 0 Å². The lowest BCUT2D eigenvalue weighted by Crippen LogP contribution is -2.18. The highest BCUT2D eigenvalue weighted by Crippen LogP contribution is 2.20. The second-order valence-corrected chi connectivity index (χ2v) is 7.12. The van der Waals surface area contributed by atoms with E-state index in [9.17, 15) is 24.5 Å². The Morgan fingerprint density at radius 1 is 0.938 bits per heavy atom. The van der Waals surface area contributed by atoms with Gasteiger partial charge < -0.3 is 10.1 Å². The normalized spacial score (nSPS) is 10.3.